The first-order chi connectivity index (χ1) is 9.15. The number of hydrogen-bond donors (Lipinski definition) is 2. The monoisotopic (exact) mass is 295 g/mol. The van der Waals surface area contributed by atoms with Crippen LogP contribution < -0.4 is 5.32 Å². The van der Waals surface area contributed by atoms with E-state index in [2.05, 4.69) is 49.5 Å². The molecular weight excluding hydrogens is 274 g/mol. The molecule has 0 aliphatic heterocycles. The Hall–Kier alpha value is -0.550. The van der Waals surface area contributed by atoms with Crippen LogP contribution in [0.4, 0.5) is 0 Å². The lowest BCUT2D eigenvalue weighted by atomic mass is 10.1. The van der Waals surface area contributed by atoms with Gasteiger partial charge in [0.2, 0.25) is 0 Å². The number of rotatable bonds is 6. The summed E-state index contributed by atoms with van der Waals surface area (Å²) in [5.41, 5.74) is 0. The molecule has 0 saturated carbocycles. The summed E-state index contributed by atoms with van der Waals surface area (Å²) in [6.07, 6.45) is 2.04. The van der Waals surface area contributed by atoms with Gasteiger partial charge >= 0.3 is 0 Å². The molecule has 1 aromatic heterocycles. The van der Waals surface area contributed by atoms with Crippen LogP contribution in [0.1, 0.15) is 24.8 Å². The second kappa shape index (κ2) is 6.75. The third-order valence-corrected chi connectivity index (χ3v) is 5.89. The Morgan fingerprint density at radius 1 is 1.32 bits per heavy atom. The molecule has 3 unspecified atom stereocenters. The summed E-state index contributed by atoms with van der Waals surface area (Å²) in [6, 6.07) is 11.3. The van der Waals surface area contributed by atoms with Gasteiger partial charge in [0.1, 0.15) is 0 Å². The minimum absolute atomic E-state index is 0.217. The topological polar surface area (TPSA) is 32.3 Å². The van der Waals surface area contributed by atoms with Crippen LogP contribution in [0.3, 0.4) is 0 Å². The van der Waals surface area contributed by atoms with Gasteiger partial charge in [-0.2, -0.15) is 11.8 Å². The lowest BCUT2D eigenvalue weighted by Crippen LogP contribution is -2.38. The van der Waals surface area contributed by atoms with Gasteiger partial charge in [0.05, 0.1) is 6.61 Å². The number of aliphatic hydroxyl groups is 1. The Bertz CT molecular complexity index is 489. The predicted octanol–water partition coefficient (Wildman–Crippen LogP) is 3.66. The average molecular weight is 295 g/mol. The van der Waals surface area contributed by atoms with Crippen molar-refractivity contribution in [3.63, 3.8) is 0 Å². The first-order valence-electron chi connectivity index (χ1n) is 6.54. The highest BCUT2D eigenvalue weighted by molar-refractivity contribution is 7.99. The molecule has 0 radical (unpaired) electrons. The number of fused-ring (bicyclic) bond motifs is 1. The highest BCUT2D eigenvalue weighted by Gasteiger charge is 2.18. The fourth-order valence-electron chi connectivity index (χ4n) is 2.24. The van der Waals surface area contributed by atoms with Gasteiger partial charge in [-0.25, -0.2) is 0 Å². The molecule has 0 aliphatic carbocycles. The molecule has 0 spiro atoms. The number of thioether (sulfide) groups is 1. The quantitative estimate of drug-likeness (QED) is 0.853. The summed E-state index contributed by atoms with van der Waals surface area (Å²) in [5.74, 6) is 0. The zero-order valence-corrected chi connectivity index (χ0v) is 13.2. The van der Waals surface area contributed by atoms with Crippen LogP contribution in [0.5, 0.6) is 0 Å². The highest BCUT2D eigenvalue weighted by atomic mass is 32.2. The maximum absolute atomic E-state index is 9.34. The molecule has 2 N–H and O–H groups in total. The number of nitrogens with one attached hydrogen (secondary N) is 1. The molecule has 2 aromatic rings. The van der Waals surface area contributed by atoms with Gasteiger partial charge in [0.25, 0.3) is 0 Å². The zero-order valence-electron chi connectivity index (χ0n) is 11.6. The lowest BCUT2D eigenvalue weighted by molar-refractivity contribution is 0.272. The molecule has 1 heterocycles. The molecule has 0 saturated heterocycles. The summed E-state index contributed by atoms with van der Waals surface area (Å²) in [5, 5.41) is 14.5. The Balaban J connectivity index is 2.08. The average Bonchev–Trinajstić information content (AvgIpc) is 2.84. The van der Waals surface area contributed by atoms with Crippen molar-refractivity contribution in [1.29, 1.82) is 0 Å². The van der Waals surface area contributed by atoms with Crippen molar-refractivity contribution in [1.82, 2.24) is 5.32 Å². The second-order valence-electron chi connectivity index (χ2n) is 4.82. The largest absolute Gasteiger partial charge is 0.395 e. The summed E-state index contributed by atoms with van der Waals surface area (Å²) in [6.45, 7) is 4.55. The van der Waals surface area contributed by atoms with Crippen LogP contribution in [-0.4, -0.2) is 29.3 Å². The van der Waals surface area contributed by atoms with Crippen LogP contribution in [0.2, 0.25) is 0 Å². The van der Waals surface area contributed by atoms with Gasteiger partial charge in [-0.05, 0) is 37.6 Å². The van der Waals surface area contributed by atoms with Crippen molar-refractivity contribution in [2.24, 2.45) is 0 Å². The van der Waals surface area contributed by atoms with E-state index in [0.717, 1.165) is 0 Å². The van der Waals surface area contributed by atoms with Gasteiger partial charge < -0.3 is 10.4 Å². The summed E-state index contributed by atoms with van der Waals surface area (Å²) >= 11 is 3.55. The lowest BCUT2D eigenvalue weighted by Gasteiger charge is -2.24. The van der Waals surface area contributed by atoms with E-state index in [0.29, 0.717) is 12.1 Å². The number of hydrogen-bond acceptors (Lipinski definition) is 4. The fourth-order valence-corrected chi connectivity index (χ4v) is 3.95. The molecule has 2 nitrogen and oxygen atoms in total. The molecule has 104 valence electrons. The molecule has 1 aromatic carbocycles. The first kappa shape index (κ1) is 14.9. The van der Waals surface area contributed by atoms with Gasteiger partial charge in [-0.3, -0.25) is 0 Å². The first-order valence-corrected chi connectivity index (χ1v) is 8.64. The molecule has 0 amide bonds. The van der Waals surface area contributed by atoms with Crippen molar-refractivity contribution in [3.8, 4) is 0 Å². The Morgan fingerprint density at radius 3 is 2.68 bits per heavy atom. The van der Waals surface area contributed by atoms with Crippen LogP contribution in [0, 0.1) is 0 Å². The highest BCUT2D eigenvalue weighted by Crippen LogP contribution is 2.30. The van der Waals surface area contributed by atoms with E-state index in [1.165, 1.54) is 15.0 Å². The molecular formula is C15H21NOS2. The van der Waals surface area contributed by atoms with Gasteiger partial charge in [0.15, 0.2) is 0 Å². The van der Waals surface area contributed by atoms with E-state index in [4.69, 9.17) is 0 Å². The Kier molecular flexibility index (Phi) is 5.28. The normalized spacial score (nSPS) is 16.4. The maximum Gasteiger partial charge on any atom is 0.0564 e. The molecule has 2 rings (SSSR count). The molecule has 0 aliphatic rings. The van der Waals surface area contributed by atoms with E-state index >= 15 is 0 Å². The van der Waals surface area contributed by atoms with E-state index < -0.39 is 0 Å². The Morgan fingerprint density at radius 2 is 2.05 bits per heavy atom. The second-order valence-corrected chi connectivity index (χ2v) is 7.01. The summed E-state index contributed by atoms with van der Waals surface area (Å²) in [4.78, 5) is 1.35. The molecule has 4 heteroatoms. The van der Waals surface area contributed by atoms with Crippen molar-refractivity contribution < 1.29 is 5.11 Å². The minimum atomic E-state index is 0.217. The zero-order chi connectivity index (χ0) is 13.8. The van der Waals surface area contributed by atoms with Crippen molar-refractivity contribution >= 4 is 33.2 Å². The van der Waals surface area contributed by atoms with Gasteiger partial charge in [-0.1, -0.05) is 18.2 Å². The number of thiophene rings is 1. The van der Waals surface area contributed by atoms with E-state index in [1.807, 2.05) is 17.6 Å². The molecule has 0 bridgehead atoms. The van der Waals surface area contributed by atoms with Crippen molar-refractivity contribution in [2.45, 2.75) is 31.2 Å². The summed E-state index contributed by atoms with van der Waals surface area (Å²) < 4.78 is 1.34. The van der Waals surface area contributed by atoms with Crippen LogP contribution in [0.25, 0.3) is 10.1 Å². The van der Waals surface area contributed by atoms with Crippen molar-refractivity contribution in [3.05, 3.63) is 35.2 Å². The molecule has 19 heavy (non-hydrogen) atoms. The minimum Gasteiger partial charge on any atom is -0.395 e. The van der Waals surface area contributed by atoms with Crippen LogP contribution in [-0.2, 0) is 0 Å². The van der Waals surface area contributed by atoms with Gasteiger partial charge in [-0.15, -0.1) is 11.3 Å². The standard InChI is InChI=1S/C15H21NOS2/c1-10(16-11(2)15(9-17)18-3)14-8-12-6-4-5-7-13(12)19-14/h4-8,10-11,15-17H,9H2,1-3H3. The van der Waals surface area contributed by atoms with E-state index in [9.17, 15) is 5.11 Å². The SMILES string of the molecule is CSC(CO)C(C)NC(C)c1cc2ccccc2s1. The molecule has 3 atom stereocenters. The number of benzene rings is 1. The maximum atomic E-state index is 9.34. The summed E-state index contributed by atoms with van der Waals surface area (Å²) in [7, 11) is 0. The van der Waals surface area contributed by atoms with Crippen molar-refractivity contribution in [2.75, 3.05) is 12.9 Å². The third kappa shape index (κ3) is 3.51. The van der Waals surface area contributed by atoms with Crippen LogP contribution >= 0.6 is 23.1 Å². The molecule has 0 fully saturated rings. The van der Waals surface area contributed by atoms with E-state index in [1.54, 1.807) is 11.8 Å². The third-order valence-electron chi connectivity index (χ3n) is 3.42. The number of aliphatic hydroxyl groups excluding tert-OH is 1. The fraction of sp³-hybridized carbons (Fsp3) is 0.467. The smallest absolute Gasteiger partial charge is 0.0564 e. The van der Waals surface area contributed by atoms with Gasteiger partial charge in [0, 0.05) is 26.9 Å². The predicted molar refractivity (Wildman–Crippen MR) is 87.2 cm³/mol. The van der Waals surface area contributed by atoms with E-state index in [-0.39, 0.29) is 11.9 Å². The Labute approximate surface area is 123 Å². The van der Waals surface area contributed by atoms with Crippen LogP contribution in [0.15, 0.2) is 30.3 Å².